The zero-order valence-electron chi connectivity index (χ0n) is 5.61. The Hall–Kier alpha value is 0.343. The number of aromatic nitrogens is 1. The summed E-state index contributed by atoms with van der Waals surface area (Å²) in [5.74, 6) is 0. The van der Waals surface area contributed by atoms with E-state index in [-0.39, 0.29) is 26.2 Å². The van der Waals surface area contributed by atoms with E-state index in [1.54, 1.807) is 11.3 Å². The minimum Gasteiger partial charge on any atom is -0.230 e. The monoisotopic (exact) mass is 257 g/mol. The Morgan fingerprint density at radius 1 is 1.27 bits per heavy atom. The molecule has 0 unspecified atom stereocenters. The van der Waals surface area contributed by atoms with E-state index in [4.69, 9.17) is 0 Å². The third-order valence-corrected chi connectivity index (χ3v) is 2.50. The van der Waals surface area contributed by atoms with Gasteiger partial charge in [0.2, 0.25) is 0 Å². The molecule has 0 aliphatic rings. The normalized spacial score (nSPS) is 9.55. The topological polar surface area (TPSA) is 12.9 Å². The Kier molecular flexibility index (Phi) is 3.29. The van der Waals surface area contributed by atoms with Gasteiger partial charge in [0.05, 0.1) is 10.2 Å². The van der Waals surface area contributed by atoms with Crippen LogP contribution in [0.5, 0.6) is 0 Å². The maximum absolute atomic E-state index is 4.20. The number of thiazole rings is 1. The van der Waals surface area contributed by atoms with E-state index in [0.717, 1.165) is 9.86 Å². The van der Waals surface area contributed by atoms with Gasteiger partial charge < -0.3 is 0 Å². The Balaban J connectivity index is 0.000000605. The molecule has 0 saturated heterocycles. The van der Waals surface area contributed by atoms with Crippen molar-refractivity contribution in [2.75, 3.05) is 0 Å². The summed E-state index contributed by atoms with van der Waals surface area (Å²) in [5.41, 5.74) is 1.04. The third-order valence-electron chi connectivity index (χ3n) is 1.28. The Labute approximate surface area is 93.4 Å². The fraction of sp³-hybridized carbons (Fsp3) is 0. The van der Waals surface area contributed by atoms with Crippen molar-refractivity contribution in [1.82, 2.24) is 4.98 Å². The van der Waals surface area contributed by atoms with Crippen LogP contribution in [0.1, 0.15) is 0 Å². The quantitative estimate of drug-likeness (QED) is 0.717. The smallest absolute Gasteiger partial charge is 0.148 e. The van der Waals surface area contributed by atoms with Gasteiger partial charge in [-0.2, -0.15) is 0 Å². The molecule has 2 aromatic rings. The number of thiol groups is 1. The molecule has 1 heterocycles. The Morgan fingerprint density at radius 3 is 2.73 bits per heavy atom. The maximum Gasteiger partial charge on any atom is 0.148 e. The van der Waals surface area contributed by atoms with E-state index in [1.807, 2.05) is 24.3 Å². The third kappa shape index (κ3) is 1.92. The summed E-state index contributed by atoms with van der Waals surface area (Å²) >= 11 is 5.76. The second-order valence-electron chi connectivity index (χ2n) is 1.96. The number of nitrogens with zero attached hydrogens (tertiary/aromatic N) is 1. The average Bonchev–Trinajstić information content (AvgIpc) is 2.27. The van der Waals surface area contributed by atoms with Crippen LogP contribution < -0.4 is 0 Å². The molecule has 0 N–H and O–H groups in total. The van der Waals surface area contributed by atoms with Gasteiger partial charge in [-0.25, -0.2) is 4.98 Å². The minimum absolute atomic E-state index is 0. The van der Waals surface area contributed by atoms with Crippen molar-refractivity contribution >= 4 is 34.2 Å². The molecule has 0 aliphatic carbocycles. The van der Waals surface area contributed by atoms with Gasteiger partial charge in [-0.05, 0) is 12.1 Å². The van der Waals surface area contributed by atoms with Crippen molar-refractivity contribution in [3.8, 4) is 0 Å². The number of para-hydroxylation sites is 1. The number of hydrogen-bond acceptors (Lipinski definition) is 3. The second kappa shape index (κ2) is 3.84. The van der Waals surface area contributed by atoms with Gasteiger partial charge in [0.25, 0.3) is 0 Å². The van der Waals surface area contributed by atoms with Gasteiger partial charge in [0.1, 0.15) is 4.34 Å². The predicted molar refractivity (Wildman–Crippen MR) is 46.9 cm³/mol. The Morgan fingerprint density at radius 2 is 2.00 bits per heavy atom. The van der Waals surface area contributed by atoms with E-state index in [1.165, 1.54) is 4.70 Å². The van der Waals surface area contributed by atoms with Crippen molar-refractivity contribution in [3.05, 3.63) is 24.3 Å². The van der Waals surface area contributed by atoms with E-state index >= 15 is 0 Å². The van der Waals surface area contributed by atoms with E-state index < -0.39 is 0 Å². The molecule has 54 valence electrons. The molecule has 0 amide bonds. The molecule has 0 radical (unpaired) electrons. The van der Waals surface area contributed by atoms with Gasteiger partial charge in [0.15, 0.2) is 0 Å². The van der Waals surface area contributed by atoms with E-state index in [0.29, 0.717) is 0 Å². The first-order valence-electron chi connectivity index (χ1n) is 2.91. The first-order chi connectivity index (χ1) is 4.86. The Bertz CT molecular complexity index is 325. The summed E-state index contributed by atoms with van der Waals surface area (Å²) in [6, 6.07) is 8.03. The molecular formula is C7H5NS2Zr. The fourth-order valence-electron chi connectivity index (χ4n) is 0.860. The SMILES string of the molecule is Sc1nc2ccccc2s1.[Zr]. The van der Waals surface area contributed by atoms with Crippen LogP contribution in [0.2, 0.25) is 0 Å². The molecule has 0 fully saturated rings. The predicted octanol–water partition coefficient (Wildman–Crippen LogP) is 2.58. The average molecular weight is 258 g/mol. The number of fused-ring (bicyclic) bond motifs is 1. The van der Waals surface area contributed by atoms with Crippen molar-refractivity contribution in [2.24, 2.45) is 0 Å². The molecule has 2 rings (SSSR count). The first kappa shape index (κ1) is 9.43. The van der Waals surface area contributed by atoms with Crippen LogP contribution in [0, 0.1) is 0 Å². The summed E-state index contributed by atoms with van der Waals surface area (Å²) in [7, 11) is 0. The molecule has 4 heteroatoms. The van der Waals surface area contributed by atoms with Gasteiger partial charge in [0, 0.05) is 26.2 Å². The number of benzene rings is 1. The van der Waals surface area contributed by atoms with Gasteiger partial charge >= 0.3 is 0 Å². The summed E-state index contributed by atoms with van der Waals surface area (Å²) in [5, 5.41) is 0. The number of rotatable bonds is 0. The van der Waals surface area contributed by atoms with Crippen molar-refractivity contribution in [2.45, 2.75) is 4.34 Å². The van der Waals surface area contributed by atoms with Crippen LogP contribution in [-0.4, -0.2) is 4.98 Å². The van der Waals surface area contributed by atoms with Crippen LogP contribution in [0.25, 0.3) is 10.2 Å². The molecule has 0 saturated carbocycles. The van der Waals surface area contributed by atoms with Crippen molar-refractivity contribution < 1.29 is 26.2 Å². The largest absolute Gasteiger partial charge is 0.230 e. The number of hydrogen-bond donors (Lipinski definition) is 1. The van der Waals surface area contributed by atoms with Crippen molar-refractivity contribution in [1.29, 1.82) is 0 Å². The van der Waals surface area contributed by atoms with Crippen molar-refractivity contribution in [3.63, 3.8) is 0 Å². The van der Waals surface area contributed by atoms with E-state index in [2.05, 4.69) is 17.6 Å². The molecule has 0 aliphatic heterocycles. The van der Waals surface area contributed by atoms with Crippen LogP contribution in [0.15, 0.2) is 28.6 Å². The maximum atomic E-state index is 4.20. The van der Waals surface area contributed by atoms with Gasteiger partial charge in [-0.3, -0.25) is 0 Å². The molecule has 1 aromatic carbocycles. The van der Waals surface area contributed by atoms with Gasteiger partial charge in [-0.1, -0.05) is 12.1 Å². The first-order valence-corrected chi connectivity index (χ1v) is 4.17. The molecule has 11 heavy (non-hydrogen) atoms. The van der Waals surface area contributed by atoms with Crippen LogP contribution in [-0.2, 0) is 26.2 Å². The zero-order valence-corrected chi connectivity index (χ0v) is 9.78. The summed E-state index contributed by atoms with van der Waals surface area (Å²) < 4.78 is 2.04. The second-order valence-corrected chi connectivity index (χ2v) is 3.72. The summed E-state index contributed by atoms with van der Waals surface area (Å²) in [4.78, 5) is 4.20. The minimum atomic E-state index is 0. The molecule has 0 bridgehead atoms. The van der Waals surface area contributed by atoms with Crippen LogP contribution in [0.4, 0.5) is 0 Å². The van der Waals surface area contributed by atoms with E-state index in [9.17, 15) is 0 Å². The van der Waals surface area contributed by atoms with Gasteiger partial charge in [-0.15, -0.1) is 24.0 Å². The van der Waals surface area contributed by atoms with Crippen LogP contribution >= 0.6 is 24.0 Å². The molecule has 1 aromatic heterocycles. The molecule has 0 atom stereocenters. The molecule has 0 spiro atoms. The molecule has 1 nitrogen and oxygen atoms in total. The zero-order chi connectivity index (χ0) is 6.97. The standard InChI is InChI=1S/C7H5NS2.Zr/c9-7-8-5-3-1-2-4-6(5)10-7;/h1-4H,(H,8,9);. The summed E-state index contributed by atoms with van der Waals surface area (Å²) in [6.07, 6.45) is 0. The fourth-order valence-corrected chi connectivity index (χ4v) is 1.97. The van der Waals surface area contributed by atoms with Crippen LogP contribution in [0.3, 0.4) is 0 Å². The molecular weight excluding hydrogens is 253 g/mol. The summed E-state index contributed by atoms with van der Waals surface area (Å²) in [6.45, 7) is 0.